The fraction of sp³-hybridized carbons (Fsp3) is 0.318. The van der Waals surface area contributed by atoms with Crippen molar-refractivity contribution in [1.29, 1.82) is 0 Å². The van der Waals surface area contributed by atoms with E-state index < -0.39 is 17.8 Å². The van der Waals surface area contributed by atoms with Crippen LogP contribution >= 0.6 is 11.6 Å². The molecule has 1 aromatic carbocycles. The molecule has 0 unspecified atom stereocenters. The molecule has 0 aliphatic rings. The van der Waals surface area contributed by atoms with Gasteiger partial charge in [-0.05, 0) is 18.6 Å². The minimum absolute atomic E-state index is 0.0791. The molecule has 0 saturated heterocycles. The molecule has 0 spiro atoms. The predicted octanol–water partition coefficient (Wildman–Crippen LogP) is 3.98. The van der Waals surface area contributed by atoms with Crippen molar-refractivity contribution in [2.24, 2.45) is 7.05 Å². The lowest BCUT2D eigenvalue weighted by atomic mass is 9.96. The van der Waals surface area contributed by atoms with E-state index in [0.717, 1.165) is 0 Å². The van der Waals surface area contributed by atoms with Gasteiger partial charge in [0.25, 0.3) is 0 Å². The molecule has 4 rings (SSSR count). The van der Waals surface area contributed by atoms with Crippen molar-refractivity contribution in [3.8, 4) is 11.4 Å². The maximum Gasteiger partial charge on any atom is 0.315 e. The summed E-state index contributed by atoms with van der Waals surface area (Å²) in [5, 5.41) is 13.5. The lowest BCUT2D eigenvalue weighted by molar-refractivity contribution is 0.0895. The van der Waals surface area contributed by atoms with Crippen LogP contribution in [0.2, 0.25) is 5.02 Å². The van der Waals surface area contributed by atoms with Gasteiger partial charge in [0.05, 0.1) is 16.6 Å². The number of anilines is 2. The van der Waals surface area contributed by atoms with Crippen molar-refractivity contribution < 1.29 is 13.7 Å². The molecule has 0 aliphatic heterocycles. The Bertz CT molecular complexity index is 1380. The van der Waals surface area contributed by atoms with Crippen LogP contribution in [0.15, 0.2) is 35.2 Å². The van der Waals surface area contributed by atoms with Crippen LogP contribution in [0.4, 0.5) is 16.2 Å². The van der Waals surface area contributed by atoms with E-state index in [1.165, 1.54) is 12.4 Å². The van der Waals surface area contributed by atoms with E-state index in [1.54, 1.807) is 37.0 Å². The zero-order chi connectivity index (χ0) is 25.3. The minimum atomic E-state index is -0.729. The summed E-state index contributed by atoms with van der Waals surface area (Å²) in [5.41, 5.74) is 0.0611. The van der Waals surface area contributed by atoms with Gasteiger partial charge in [-0.15, -0.1) is 0 Å². The number of hydrogen-bond donors (Lipinski definition) is 2. The van der Waals surface area contributed by atoms with Gasteiger partial charge in [-0.3, -0.25) is 9.48 Å². The first-order valence-electron chi connectivity index (χ1n) is 10.6. The highest BCUT2D eigenvalue weighted by molar-refractivity contribution is 6.31. The van der Waals surface area contributed by atoms with Crippen molar-refractivity contribution in [2.45, 2.75) is 39.2 Å². The number of aromatic nitrogens is 7. The van der Waals surface area contributed by atoms with E-state index in [4.69, 9.17) is 16.1 Å². The maximum absolute atomic E-state index is 15.2. The van der Waals surface area contributed by atoms with E-state index >= 15 is 4.39 Å². The summed E-state index contributed by atoms with van der Waals surface area (Å²) in [7, 11) is 1.78. The Hall–Kier alpha value is -3.93. The van der Waals surface area contributed by atoms with Crippen molar-refractivity contribution in [3.05, 3.63) is 58.8 Å². The lowest BCUT2D eigenvalue weighted by Gasteiger charge is -2.16. The number of benzene rings is 1. The van der Waals surface area contributed by atoms with E-state index in [-0.39, 0.29) is 33.7 Å². The highest BCUT2D eigenvalue weighted by atomic mass is 35.5. The second kappa shape index (κ2) is 9.37. The molecule has 182 valence electrons. The molecule has 3 aromatic heterocycles. The van der Waals surface area contributed by atoms with Gasteiger partial charge in [-0.2, -0.15) is 15.1 Å². The van der Waals surface area contributed by atoms with Gasteiger partial charge in [0, 0.05) is 24.7 Å². The van der Waals surface area contributed by atoms with Crippen molar-refractivity contribution in [3.63, 3.8) is 0 Å². The average Bonchev–Trinajstić information content (AvgIpc) is 3.45. The number of carbonyl (C=O) groups is 1. The van der Waals surface area contributed by atoms with Gasteiger partial charge in [-0.25, -0.2) is 14.4 Å². The molecule has 0 aliphatic carbocycles. The van der Waals surface area contributed by atoms with Gasteiger partial charge in [0.15, 0.2) is 23.3 Å². The summed E-state index contributed by atoms with van der Waals surface area (Å²) in [6.07, 6.45) is 3.01. The van der Waals surface area contributed by atoms with Crippen LogP contribution in [0.1, 0.15) is 55.8 Å². The van der Waals surface area contributed by atoms with E-state index in [0.29, 0.717) is 17.2 Å². The molecule has 0 radical (unpaired) electrons. The number of carbonyl (C=O) groups excluding carboxylic acids is 1. The standard InChI is InChI=1S/C22H23ClFN9O2/c1-11(27-18(34)19-30-20(32-35-19)22(2,3)4)12-6-7-13(16(24)15(12)23)17-25-10-26-21(29-17)28-14-8-9-33(5)31-14/h6-11H,1-5H3,(H,27,34)(H,25,26,28,29,31)/t11-/m1/s1. The Balaban J connectivity index is 1.53. The summed E-state index contributed by atoms with van der Waals surface area (Å²) < 4.78 is 21.9. The second-order valence-electron chi connectivity index (χ2n) is 8.83. The van der Waals surface area contributed by atoms with Crippen molar-refractivity contribution >= 4 is 29.3 Å². The van der Waals surface area contributed by atoms with Gasteiger partial charge in [0.2, 0.25) is 5.95 Å². The van der Waals surface area contributed by atoms with E-state index in [1.807, 2.05) is 20.8 Å². The first kappa shape index (κ1) is 24.2. The van der Waals surface area contributed by atoms with E-state index in [2.05, 4.69) is 40.8 Å². The number of nitrogens with zero attached hydrogens (tertiary/aromatic N) is 7. The summed E-state index contributed by atoms with van der Waals surface area (Å²) in [6, 6.07) is 4.17. The summed E-state index contributed by atoms with van der Waals surface area (Å²) >= 11 is 6.33. The second-order valence-corrected chi connectivity index (χ2v) is 9.21. The van der Waals surface area contributed by atoms with Gasteiger partial charge in [-0.1, -0.05) is 43.6 Å². The molecular formula is C22H23ClFN9O2. The molecule has 11 nitrogen and oxygen atoms in total. The lowest BCUT2D eigenvalue weighted by Crippen LogP contribution is -2.27. The van der Waals surface area contributed by atoms with Crippen molar-refractivity contribution in [2.75, 3.05) is 5.32 Å². The Morgan fingerprint density at radius 3 is 2.63 bits per heavy atom. The number of amides is 1. The van der Waals surface area contributed by atoms with Gasteiger partial charge < -0.3 is 15.2 Å². The molecular weight excluding hydrogens is 477 g/mol. The highest BCUT2D eigenvalue weighted by Crippen LogP contribution is 2.32. The number of hydrogen-bond acceptors (Lipinski definition) is 9. The summed E-state index contributed by atoms with van der Waals surface area (Å²) in [6.45, 7) is 7.36. The molecule has 13 heteroatoms. The predicted molar refractivity (Wildman–Crippen MR) is 126 cm³/mol. The molecule has 0 bridgehead atoms. The molecule has 3 heterocycles. The fourth-order valence-electron chi connectivity index (χ4n) is 3.11. The van der Waals surface area contributed by atoms with Gasteiger partial charge in [0.1, 0.15) is 6.33 Å². The molecule has 0 saturated carbocycles. The average molecular weight is 500 g/mol. The smallest absolute Gasteiger partial charge is 0.315 e. The van der Waals surface area contributed by atoms with Crippen LogP contribution in [0.3, 0.4) is 0 Å². The van der Waals surface area contributed by atoms with E-state index in [9.17, 15) is 4.79 Å². The number of halogens is 2. The quantitative estimate of drug-likeness (QED) is 0.403. The Morgan fingerprint density at radius 1 is 1.20 bits per heavy atom. The first-order chi connectivity index (χ1) is 16.5. The summed E-state index contributed by atoms with van der Waals surface area (Å²) in [5.74, 6) is -0.299. The third-order valence-corrected chi connectivity index (χ3v) is 5.37. The topological polar surface area (TPSA) is 137 Å². The van der Waals surface area contributed by atoms with Crippen LogP contribution in [0, 0.1) is 5.82 Å². The zero-order valence-corrected chi connectivity index (χ0v) is 20.4. The highest BCUT2D eigenvalue weighted by Gasteiger charge is 2.26. The molecule has 2 N–H and O–H groups in total. The Labute approximate surface area is 205 Å². The molecule has 4 aromatic rings. The van der Waals surface area contributed by atoms with Crippen LogP contribution in [0.25, 0.3) is 11.4 Å². The molecule has 0 fully saturated rings. The summed E-state index contributed by atoms with van der Waals surface area (Å²) in [4.78, 5) is 29.0. The van der Waals surface area contributed by atoms with Crippen LogP contribution in [-0.2, 0) is 12.5 Å². The third kappa shape index (κ3) is 5.27. The monoisotopic (exact) mass is 499 g/mol. The number of nitrogens with one attached hydrogen (secondary N) is 2. The third-order valence-electron chi connectivity index (χ3n) is 4.98. The number of rotatable bonds is 6. The van der Waals surface area contributed by atoms with Crippen LogP contribution < -0.4 is 10.6 Å². The Kier molecular flexibility index (Phi) is 6.48. The normalized spacial score (nSPS) is 12.4. The maximum atomic E-state index is 15.2. The van der Waals surface area contributed by atoms with Crippen molar-refractivity contribution in [1.82, 2.24) is 40.2 Å². The molecule has 1 atom stereocenters. The molecule has 1 amide bonds. The van der Waals surface area contributed by atoms with Crippen LogP contribution in [-0.4, -0.2) is 40.8 Å². The number of aryl methyl sites for hydroxylation is 1. The largest absolute Gasteiger partial charge is 0.341 e. The minimum Gasteiger partial charge on any atom is -0.341 e. The first-order valence-corrected chi connectivity index (χ1v) is 11.0. The van der Waals surface area contributed by atoms with Gasteiger partial charge >= 0.3 is 11.8 Å². The molecule has 35 heavy (non-hydrogen) atoms. The Morgan fingerprint density at radius 2 is 1.97 bits per heavy atom. The van der Waals surface area contributed by atoms with Crippen LogP contribution in [0.5, 0.6) is 0 Å². The SMILES string of the molecule is C[C@@H](NC(=O)c1nc(C(C)(C)C)no1)c1ccc(-c2ncnc(Nc3ccn(C)n3)n2)c(F)c1Cl. The fourth-order valence-corrected chi connectivity index (χ4v) is 3.44. The zero-order valence-electron chi connectivity index (χ0n) is 19.7.